The predicted octanol–water partition coefficient (Wildman–Crippen LogP) is 4.61. The number of halogens is 2. The molecule has 1 aliphatic rings. The lowest BCUT2D eigenvalue weighted by molar-refractivity contribution is 0.395. The first kappa shape index (κ1) is 14.2. The lowest BCUT2D eigenvalue weighted by Crippen LogP contribution is -1.94. The van der Waals surface area contributed by atoms with E-state index in [1.165, 1.54) is 0 Å². The largest absolute Gasteiger partial charge is 0.495 e. The summed E-state index contributed by atoms with van der Waals surface area (Å²) in [6.07, 6.45) is 1.87. The molecule has 21 heavy (non-hydrogen) atoms. The number of methoxy groups -OCH3 is 2. The van der Waals surface area contributed by atoms with Crippen molar-refractivity contribution in [2.24, 2.45) is 4.99 Å². The molecule has 0 atom stereocenters. The Hall–Kier alpha value is -1.71. The predicted molar refractivity (Wildman–Crippen MR) is 86.3 cm³/mol. The van der Waals surface area contributed by atoms with Gasteiger partial charge in [0.1, 0.15) is 11.5 Å². The van der Waals surface area contributed by atoms with Crippen molar-refractivity contribution >= 4 is 29.4 Å². The van der Waals surface area contributed by atoms with Crippen molar-refractivity contribution in [1.29, 1.82) is 0 Å². The normalized spacial score (nSPS) is 12.4. The third kappa shape index (κ3) is 2.37. The fourth-order valence-electron chi connectivity index (χ4n) is 2.41. The second-order valence-corrected chi connectivity index (χ2v) is 5.42. The van der Waals surface area contributed by atoms with E-state index >= 15 is 0 Å². The summed E-state index contributed by atoms with van der Waals surface area (Å²) in [4.78, 5) is 4.26. The van der Waals surface area contributed by atoms with Gasteiger partial charge in [-0.15, -0.1) is 0 Å². The number of rotatable bonds is 3. The van der Waals surface area contributed by atoms with Gasteiger partial charge in [-0.3, -0.25) is 4.99 Å². The quantitative estimate of drug-likeness (QED) is 0.826. The number of benzene rings is 2. The van der Waals surface area contributed by atoms with Crippen LogP contribution in [-0.2, 0) is 6.54 Å². The molecule has 2 aromatic rings. The lowest BCUT2D eigenvalue weighted by atomic mass is 9.99. The topological polar surface area (TPSA) is 30.8 Å². The standard InChI is InChI=1S/C16H13Cl2NO2/c1-20-12-6-13(21-2)16(18)14(15(12)17)9-3-4-10-7-19-8-11(10)5-9/h3-7H,8H2,1-2H3. The Bertz CT molecular complexity index is 713. The Labute approximate surface area is 133 Å². The van der Waals surface area contributed by atoms with Gasteiger partial charge < -0.3 is 9.47 Å². The SMILES string of the molecule is COc1cc(OC)c(Cl)c(-c2ccc3c(c2)CN=C3)c1Cl. The van der Waals surface area contributed by atoms with Gasteiger partial charge in [-0.05, 0) is 22.8 Å². The number of hydrogen-bond donors (Lipinski definition) is 0. The van der Waals surface area contributed by atoms with Crippen molar-refractivity contribution in [3.05, 3.63) is 45.4 Å². The first-order valence-electron chi connectivity index (χ1n) is 6.38. The van der Waals surface area contributed by atoms with Gasteiger partial charge in [0, 0.05) is 17.8 Å². The lowest BCUT2D eigenvalue weighted by Gasteiger charge is -2.15. The Morgan fingerprint density at radius 2 is 1.67 bits per heavy atom. The Morgan fingerprint density at radius 1 is 1.00 bits per heavy atom. The zero-order valence-corrected chi connectivity index (χ0v) is 13.1. The van der Waals surface area contributed by atoms with Crippen LogP contribution in [0.5, 0.6) is 11.5 Å². The molecular formula is C16H13Cl2NO2. The average molecular weight is 322 g/mol. The first-order valence-corrected chi connectivity index (χ1v) is 7.14. The highest BCUT2D eigenvalue weighted by Gasteiger charge is 2.19. The highest BCUT2D eigenvalue weighted by Crippen LogP contribution is 2.46. The minimum atomic E-state index is 0.474. The fraction of sp³-hybridized carbons (Fsp3) is 0.188. The van der Waals surface area contributed by atoms with Crippen LogP contribution in [0.15, 0.2) is 29.3 Å². The third-order valence-electron chi connectivity index (χ3n) is 3.50. The van der Waals surface area contributed by atoms with Gasteiger partial charge in [0.25, 0.3) is 0 Å². The van der Waals surface area contributed by atoms with Crippen LogP contribution < -0.4 is 9.47 Å². The van der Waals surface area contributed by atoms with Crippen LogP contribution >= 0.6 is 23.2 Å². The molecule has 0 saturated carbocycles. The van der Waals surface area contributed by atoms with Gasteiger partial charge in [0.2, 0.25) is 0 Å². The van der Waals surface area contributed by atoms with Gasteiger partial charge >= 0.3 is 0 Å². The van der Waals surface area contributed by atoms with Crippen LogP contribution in [0.25, 0.3) is 11.1 Å². The van der Waals surface area contributed by atoms with Crippen molar-refractivity contribution in [2.45, 2.75) is 6.54 Å². The van der Waals surface area contributed by atoms with E-state index < -0.39 is 0 Å². The highest BCUT2D eigenvalue weighted by atomic mass is 35.5. The van der Waals surface area contributed by atoms with Gasteiger partial charge in [-0.2, -0.15) is 0 Å². The zero-order valence-electron chi connectivity index (χ0n) is 11.6. The summed E-state index contributed by atoms with van der Waals surface area (Å²) in [6, 6.07) is 7.72. The molecule has 0 saturated heterocycles. The van der Waals surface area contributed by atoms with E-state index in [2.05, 4.69) is 4.99 Å². The van der Waals surface area contributed by atoms with Crippen LogP contribution in [0.3, 0.4) is 0 Å². The van der Waals surface area contributed by atoms with Gasteiger partial charge in [-0.25, -0.2) is 0 Å². The Kier molecular flexibility index (Phi) is 3.79. The molecule has 108 valence electrons. The minimum Gasteiger partial charge on any atom is -0.495 e. The second kappa shape index (κ2) is 5.58. The fourth-order valence-corrected chi connectivity index (χ4v) is 3.12. The molecule has 1 aliphatic heterocycles. The second-order valence-electron chi connectivity index (χ2n) is 4.67. The Morgan fingerprint density at radius 3 is 2.29 bits per heavy atom. The number of nitrogens with zero attached hydrogens (tertiary/aromatic N) is 1. The summed E-state index contributed by atoms with van der Waals surface area (Å²) in [5.74, 6) is 1.06. The van der Waals surface area contributed by atoms with Crippen LogP contribution in [0.4, 0.5) is 0 Å². The van der Waals surface area contributed by atoms with E-state index in [9.17, 15) is 0 Å². The number of hydrogen-bond acceptors (Lipinski definition) is 3. The molecule has 3 rings (SSSR count). The molecule has 0 unspecified atom stereocenters. The number of aliphatic imine (C=N–C) groups is 1. The number of fused-ring (bicyclic) bond motifs is 1. The molecule has 0 fully saturated rings. The van der Waals surface area contributed by atoms with E-state index in [0.717, 1.165) is 16.7 Å². The summed E-state index contributed by atoms with van der Waals surface area (Å²) >= 11 is 12.9. The molecule has 0 radical (unpaired) electrons. The van der Waals surface area contributed by atoms with E-state index in [4.69, 9.17) is 32.7 Å². The van der Waals surface area contributed by atoms with E-state index in [0.29, 0.717) is 33.7 Å². The zero-order chi connectivity index (χ0) is 15.0. The summed E-state index contributed by atoms with van der Waals surface area (Å²) in [5, 5.41) is 0.948. The first-order chi connectivity index (χ1) is 10.2. The van der Waals surface area contributed by atoms with Gasteiger partial charge in [0.05, 0.1) is 30.8 Å². The maximum atomic E-state index is 6.43. The van der Waals surface area contributed by atoms with Crippen molar-refractivity contribution in [2.75, 3.05) is 14.2 Å². The van der Waals surface area contributed by atoms with Gasteiger partial charge in [-0.1, -0.05) is 35.3 Å². The average Bonchev–Trinajstić information content (AvgIpc) is 2.95. The molecule has 0 aliphatic carbocycles. The van der Waals surface area contributed by atoms with Crippen LogP contribution in [0, 0.1) is 0 Å². The maximum Gasteiger partial charge on any atom is 0.141 e. The van der Waals surface area contributed by atoms with E-state index in [1.807, 2.05) is 24.4 Å². The number of ether oxygens (including phenoxy) is 2. The van der Waals surface area contributed by atoms with Crippen LogP contribution in [0.2, 0.25) is 10.0 Å². The smallest absolute Gasteiger partial charge is 0.141 e. The molecule has 0 amide bonds. The molecule has 0 bridgehead atoms. The molecular weight excluding hydrogens is 309 g/mol. The van der Waals surface area contributed by atoms with Gasteiger partial charge in [0.15, 0.2) is 0 Å². The summed E-state index contributed by atoms with van der Waals surface area (Å²) in [7, 11) is 3.13. The maximum absolute atomic E-state index is 6.43. The van der Waals surface area contributed by atoms with Crippen molar-refractivity contribution in [3.63, 3.8) is 0 Å². The van der Waals surface area contributed by atoms with E-state index in [1.54, 1.807) is 20.3 Å². The molecule has 0 aromatic heterocycles. The minimum absolute atomic E-state index is 0.474. The third-order valence-corrected chi connectivity index (χ3v) is 4.25. The van der Waals surface area contributed by atoms with E-state index in [-0.39, 0.29) is 0 Å². The Balaban J connectivity index is 2.22. The van der Waals surface area contributed by atoms with Crippen molar-refractivity contribution in [1.82, 2.24) is 0 Å². The monoisotopic (exact) mass is 321 g/mol. The molecule has 0 N–H and O–H groups in total. The molecule has 5 heteroatoms. The molecule has 2 aromatic carbocycles. The van der Waals surface area contributed by atoms with Crippen molar-refractivity contribution in [3.8, 4) is 22.6 Å². The van der Waals surface area contributed by atoms with Crippen molar-refractivity contribution < 1.29 is 9.47 Å². The van der Waals surface area contributed by atoms with Crippen LogP contribution in [0.1, 0.15) is 11.1 Å². The molecule has 1 heterocycles. The molecule has 3 nitrogen and oxygen atoms in total. The summed E-state index contributed by atoms with van der Waals surface area (Å²) < 4.78 is 10.6. The summed E-state index contributed by atoms with van der Waals surface area (Å²) in [6.45, 7) is 0.680. The van der Waals surface area contributed by atoms with Crippen LogP contribution in [-0.4, -0.2) is 20.4 Å². The highest BCUT2D eigenvalue weighted by molar-refractivity contribution is 6.41. The summed E-state index contributed by atoms with van der Waals surface area (Å²) in [5.41, 5.74) is 3.91. The molecule has 0 spiro atoms.